The third-order valence-electron chi connectivity index (χ3n) is 1.78. The Bertz CT molecular complexity index is 176. The molecule has 0 fully saturated rings. The van der Waals surface area contributed by atoms with Crippen LogP contribution in [0.5, 0.6) is 0 Å². The number of carbonyl (C=O) groups excluding carboxylic acids is 2. The number of esters is 1. The van der Waals surface area contributed by atoms with Crippen molar-refractivity contribution in [1.29, 1.82) is 0 Å². The number of unbranched alkanes of at least 4 members (excludes halogenated alkanes) is 1. The number of carbonyl (C=O) groups is 2. The number of Topliss-reactive ketones (excluding diaryl/α,β-unsaturated/α-hetero) is 1. The zero-order valence-corrected chi connectivity index (χ0v) is 8.33. The monoisotopic (exact) mass is 188 g/mol. The number of methoxy groups -OCH3 is 2. The van der Waals surface area contributed by atoms with Crippen LogP contribution in [-0.2, 0) is 19.1 Å². The van der Waals surface area contributed by atoms with Crippen LogP contribution in [0, 0.1) is 0 Å². The van der Waals surface area contributed by atoms with Crippen LogP contribution in [0.3, 0.4) is 0 Å². The highest BCUT2D eigenvalue weighted by molar-refractivity contribution is 6.35. The number of hydrogen-bond acceptors (Lipinski definition) is 4. The summed E-state index contributed by atoms with van der Waals surface area (Å²) < 4.78 is 9.19. The second-order valence-corrected chi connectivity index (χ2v) is 2.72. The van der Waals surface area contributed by atoms with Crippen molar-refractivity contribution in [3.05, 3.63) is 0 Å². The van der Waals surface area contributed by atoms with E-state index in [1.54, 1.807) is 0 Å². The third kappa shape index (κ3) is 4.03. The predicted molar refractivity (Wildman–Crippen MR) is 47.3 cm³/mol. The van der Waals surface area contributed by atoms with Gasteiger partial charge in [-0.05, 0) is 6.42 Å². The summed E-state index contributed by atoms with van der Waals surface area (Å²) in [5, 5.41) is 0. The van der Waals surface area contributed by atoms with Gasteiger partial charge in [-0.25, -0.2) is 4.79 Å². The van der Waals surface area contributed by atoms with Crippen LogP contribution in [0.25, 0.3) is 0 Å². The summed E-state index contributed by atoms with van der Waals surface area (Å²) in [4.78, 5) is 22.0. The Morgan fingerprint density at radius 2 is 1.92 bits per heavy atom. The topological polar surface area (TPSA) is 52.6 Å². The van der Waals surface area contributed by atoms with Gasteiger partial charge in [0.25, 0.3) is 5.78 Å². The molecule has 0 radical (unpaired) electrons. The maximum atomic E-state index is 11.2. The van der Waals surface area contributed by atoms with Crippen LogP contribution in [-0.4, -0.2) is 32.1 Å². The molecule has 0 aromatic heterocycles. The lowest BCUT2D eigenvalue weighted by Crippen LogP contribution is -2.31. The highest BCUT2D eigenvalue weighted by Crippen LogP contribution is 2.05. The van der Waals surface area contributed by atoms with Gasteiger partial charge in [-0.3, -0.25) is 4.79 Å². The van der Waals surface area contributed by atoms with Crippen LogP contribution in [0.15, 0.2) is 0 Å². The molecule has 0 heterocycles. The van der Waals surface area contributed by atoms with Gasteiger partial charge in [-0.2, -0.15) is 0 Å². The lowest BCUT2D eigenvalue weighted by Gasteiger charge is -2.11. The van der Waals surface area contributed by atoms with E-state index < -0.39 is 17.9 Å². The molecule has 0 aliphatic rings. The molecule has 0 rings (SSSR count). The molecule has 13 heavy (non-hydrogen) atoms. The SMILES string of the molecule is CCCCC(OC)C(=O)C(=O)OC. The molecule has 4 heteroatoms. The molecule has 0 bridgehead atoms. The molecule has 0 saturated heterocycles. The first kappa shape index (κ1) is 12.1. The highest BCUT2D eigenvalue weighted by Gasteiger charge is 2.24. The first-order valence-electron chi connectivity index (χ1n) is 4.32. The van der Waals surface area contributed by atoms with Crippen LogP contribution in [0.4, 0.5) is 0 Å². The first-order chi connectivity index (χ1) is 6.17. The van der Waals surface area contributed by atoms with Crippen molar-refractivity contribution in [2.45, 2.75) is 32.3 Å². The average molecular weight is 188 g/mol. The van der Waals surface area contributed by atoms with Crippen molar-refractivity contribution in [2.75, 3.05) is 14.2 Å². The molecule has 0 aromatic rings. The van der Waals surface area contributed by atoms with Crippen LogP contribution in [0.1, 0.15) is 26.2 Å². The normalized spacial score (nSPS) is 12.2. The van der Waals surface area contributed by atoms with E-state index in [2.05, 4.69) is 4.74 Å². The lowest BCUT2D eigenvalue weighted by atomic mass is 10.1. The van der Waals surface area contributed by atoms with E-state index in [-0.39, 0.29) is 0 Å². The lowest BCUT2D eigenvalue weighted by molar-refractivity contribution is -0.156. The average Bonchev–Trinajstić information content (AvgIpc) is 2.17. The Morgan fingerprint density at radius 3 is 2.31 bits per heavy atom. The Morgan fingerprint density at radius 1 is 1.31 bits per heavy atom. The number of hydrogen-bond donors (Lipinski definition) is 0. The van der Waals surface area contributed by atoms with Gasteiger partial charge in [0.15, 0.2) is 0 Å². The van der Waals surface area contributed by atoms with E-state index in [1.807, 2.05) is 6.92 Å². The Balaban J connectivity index is 4.06. The molecule has 4 nitrogen and oxygen atoms in total. The minimum absolute atomic E-state index is 0.570. The summed E-state index contributed by atoms with van der Waals surface area (Å²) in [6, 6.07) is 0. The van der Waals surface area contributed by atoms with Gasteiger partial charge in [0, 0.05) is 7.11 Å². The predicted octanol–water partition coefficient (Wildman–Crippen LogP) is 0.934. The number of ether oxygens (including phenoxy) is 2. The van der Waals surface area contributed by atoms with E-state index in [0.29, 0.717) is 6.42 Å². The molecular weight excluding hydrogens is 172 g/mol. The van der Waals surface area contributed by atoms with Gasteiger partial charge in [0.2, 0.25) is 0 Å². The zero-order valence-electron chi connectivity index (χ0n) is 8.33. The van der Waals surface area contributed by atoms with Crippen molar-refractivity contribution in [3.8, 4) is 0 Å². The molecule has 0 aliphatic carbocycles. The fourth-order valence-corrected chi connectivity index (χ4v) is 0.978. The van der Waals surface area contributed by atoms with Gasteiger partial charge in [-0.1, -0.05) is 19.8 Å². The molecule has 0 saturated carbocycles. The Labute approximate surface area is 78.2 Å². The number of rotatable bonds is 6. The molecule has 0 amide bonds. The Kier molecular flexibility index (Phi) is 6.14. The molecule has 0 N–H and O–H groups in total. The van der Waals surface area contributed by atoms with E-state index in [1.165, 1.54) is 14.2 Å². The van der Waals surface area contributed by atoms with Gasteiger partial charge >= 0.3 is 5.97 Å². The zero-order chi connectivity index (χ0) is 10.3. The van der Waals surface area contributed by atoms with E-state index in [0.717, 1.165) is 12.8 Å². The van der Waals surface area contributed by atoms with Gasteiger partial charge in [0.1, 0.15) is 6.10 Å². The molecule has 0 aromatic carbocycles. The molecular formula is C9H16O4. The summed E-state index contributed by atoms with van der Waals surface area (Å²) in [6.45, 7) is 2.01. The first-order valence-corrected chi connectivity index (χ1v) is 4.32. The van der Waals surface area contributed by atoms with Gasteiger partial charge < -0.3 is 9.47 Å². The summed E-state index contributed by atoms with van der Waals surface area (Å²) in [6.07, 6.45) is 1.75. The molecule has 0 aliphatic heterocycles. The number of ketones is 1. The molecule has 1 unspecified atom stereocenters. The molecule has 76 valence electrons. The Hall–Kier alpha value is -0.900. The van der Waals surface area contributed by atoms with Crippen molar-refractivity contribution in [1.82, 2.24) is 0 Å². The summed E-state index contributed by atoms with van der Waals surface area (Å²) in [7, 11) is 2.61. The van der Waals surface area contributed by atoms with Gasteiger partial charge in [-0.15, -0.1) is 0 Å². The maximum absolute atomic E-state index is 11.2. The van der Waals surface area contributed by atoms with Crippen molar-refractivity contribution in [2.24, 2.45) is 0 Å². The molecule has 1 atom stereocenters. The smallest absolute Gasteiger partial charge is 0.377 e. The van der Waals surface area contributed by atoms with E-state index >= 15 is 0 Å². The molecule has 0 spiro atoms. The second kappa shape index (κ2) is 6.60. The largest absolute Gasteiger partial charge is 0.463 e. The third-order valence-corrected chi connectivity index (χ3v) is 1.78. The van der Waals surface area contributed by atoms with Crippen molar-refractivity contribution < 1.29 is 19.1 Å². The van der Waals surface area contributed by atoms with Crippen LogP contribution < -0.4 is 0 Å². The highest BCUT2D eigenvalue weighted by atomic mass is 16.5. The van der Waals surface area contributed by atoms with Crippen molar-refractivity contribution >= 4 is 11.8 Å². The maximum Gasteiger partial charge on any atom is 0.377 e. The second-order valence-electron chi connectivity index (χ2n) is 2.72. The quantitative estimate of drug-likeness (QED) is 0.459. The van der Waals surface area contributed by atoms with E-state index in [4.69, 9.17) is 4.74 Å². The van der Waals surface area contributed by atoms with Crippen LogP contribution in [0.2, 0.25) is 0 Å². The minimum Gasteiger partial charge on any atom is -0.463 e. The van der Waals surface area contributed by atoms with E-state index in [9.17, 15) is 9.59 Å². The van der Waals surface area contributed by atoms with Gasteiger partial charge in [0.05, 0.1) is 7.11 Å². The standard InChI is InChI=1S/C9H16O4/c1-4-5-6-7(12-2)8(10)9(11)13-3/h7H,4-6H2,1-3H3. The summed E-state index contributed by atoms with van der Waals surface area (Å²) in [5.41, 5.74) is 0. The fourth-order valence-electron chi connectivity index (χ4n) is 0.978. The summed E-state index contributed by atoms with van der Waals surface area (Å²) in [5.74, 6) is -1.43. The van der Waals surface area contributed by atoms with Crippen LogP contribution >= 0.6 is 0 Å². The fraction of sp³-hybridized carbons (Fsp3) is 0.778. The minimum atomic E-state index is -0.831. The summed E-state index contributed by atoms with van der Waals surface area (Å²) >= 11 is 0. The van der Waals surface area contributed by atoms with Crippen molar-refractivity contribution in [3.63, 3.8) is 0 Å².